The Morgan fingerprint density at radius 2 is 1.80 bits per heavy atom. The minimum absolute atomic E-state index is 0.328. The van der Waals surface area contributed by atoms with Crippen LogP contribution < -0.4 is 14.2 Å². The summed E-state index contributed by atoms with van der Waals surface area (Å²) in [5.41, 5.74) is 1.18. The number of carbonyl (C=O) groups excluding carboxylic acids is 1. The normalized spacial score (nSPS) is 9.95. The number of benzene rings is 1. The summed E-state index contributed by atoms with van der Waals surface area (Å²) < 4.78 is 15.5. The maximum Gasteiger partial charge on any atom is 0.347 e. The van der Waals surface area contributed by atoms with Gasteiger partial charge in [-0.15, -0.1) is 0 Å². The van der Waals surface area contributed by atoms with Gasteiger partial charge in [-0.2, -0.15) is 0 Å². The largest absolute Gasteiger partial charge is 0.497 e. The fraction of sp³-hybridized carbons (Fsp3) is 0.200. The number of rotatable bonds is 4. The topological polar surface area (TPSA) is 57.7 Å². The highest BCUT2D eigenvalue weighted by Gasteiger charge is 2.15. The number of ether oxygens (including phenoxy) is 3. The lowest BCUT2D eigenvalue weighted by molar-refractivity contribution is 0.0730. The van der Waals surface area contributed by atoms with Crippen molar-refractivity contribution in [2.75, 3.05) is 14.2 Å². The van der Waals surface area contributed by atoms with E-state index in [0.29, 0.717) is 22.8 Å². The second-order valence-electron chi connectivity index (χ2n) is 4.09. The van der Waals surface area contributed by atoms with Crippen molar-refractivity contribution in [1.29, 1.82) is 0 Å². The zero-order valence-corrected chi connectivity index (χ0v) is 11.5. The van der Waals surface area contributed by atoms with E-state index in [4.69, 9.17) is 14.2 Å². The lowest BCUT2D eigenvalue weighted by Crippen LogP contribution is -2.10. The highest BCUT2D eigenvalue weighted by atomic mass is 16.5. The molecule has 5 nitrogen and oxygen atoms in total. The molecular formula is C15H15NO4. The molecule has 0 fully saturated rings. The Labute approximate surface area is 117 Å². The van der Waals surface area contributed by atoms with Crippen LogP contribution in [-0.4, -0.2) is 25.2 Å². The van der Waals surface area contributed by atoms with Crippen LogP contribution in [0.5, 0.6) is 17.2 Å². The first-order valence-corrected chi connectivity index (χ1v) is 6.01. The predicted molar refractivity (Wildman–Crippen MR) is 73.5 cm³/mol. The summed E-state index contributed by atoms with van der Waals surface area (Å²) >= 11 is 0. The summed E-state index contributed by atoms with van der Waals surface area (Å²) in [4.78, 5) is 16.2. The molecule has 0 unspecified atom stereocenters. The van der Waals surface area contributed by atoms with Gasteiger partial charge in [-0.05, 0) is 31.2 Å². The van der Waals surface area contributed by atoms with Gasteiger partial charge in [0.1, 0.15) is 22.8 Å². The van der Waals surface area contributed by atoms with Crippen molar-refractivity contribution in [3.05, 3.63) is 47.8 Å². The van der Waals surface area contributed by atoms with Gasteiger partial charge < -0.3 is 14.2 Å². The molecule has 0 aliphatic heterocycles. The third-order valence-corrected chi connectivity index (χ3v) is 2.72. The number of esters is 1. The van der Waals surface area contributed by atoms with Crippen LogP contribution in [0.25, 0.3) is 0 Å². The van der Waals surface area contributed by atoms with Crippen LogP contribution in [0.2, 0.25) is 0 Å². The molecule has 0 atom stereocenters. The van der Waals surface area contributed by atoms with Crippen molar-refractivity contribution in [3.8, 4) is 17.2 Å². The Bertz CT molecular complexity index is 608. The molecule has 2 rings (SSSR count). The molecule has 0 saturated heterocycles. The number of hydrogen-bond acceptors (Lipinski definition) is 5. The van der Waals surface area contributed by atoms with Crippen LogP contribution in [0.1, 0.15) is 16.1 Å². The van der Waals surface area contributed by atoms with E-state index < -0.39 is 5.97 Å². The van der Waals surface area contributed by atoms with E-state index >= 15 is 0 Å². The molecule has 0 spiro atoms. The zero-order valence-electron chi connectivity index (χ0n) is 11.5. The van der Waals surface area contributed by atoms with Crippen LogP contribution in [0.3, 0.4) is 0 Å². The molecule has 0 saturated carbocycles. The lowest BCUT2D eigenvalue weighted by atomic mass is 10.2. The molecule has 1 aromatic carbocycles. The van der Waals surface area contributed by atoms with Gasteiger partial charge in [-0.1, -0.05) is 0 Å². The summed E-state index contributed by atoms with van der Waals surface area (Å²) in [6.07, 6.45) is 1.50. The van der Waals surface area contributed by atoms with E-state index in [9.17, 15) is 4.79 Å². The maximum atomic E-state index is 12.1. The van der Waals surface area contributed by atoms with Gasteiger partial charge in [0.05, 0.1) is 20.4 Å². The van der Waals surface area contributed by atoms with E-state index in [0.717, 1.165) is 5.69 Å². The van der Waals surface area contributed by atoms with Crippen molar-refractivity contribution in [3.63, 3.8) is 0 Å². The highest BCUT2D eigenvalue weighted by Crippen LogP contribution is 2.25. The molecule has 0 radical (unpaired) electrons. The van der Waals surface area contributed by atoms with E-state index in [1.807, 2.05) is 6.92 Å². The SMILES string of the molecule is COc1ccc(C(=O)Oc2ccc(C)nc2)c(OC)c1. The van der Waals surface area contributed by atoms with Crippen molar-refractivity contribution < 1.29 is 19.0 Å². The fourth-order valence-corrected chi connectivity index (χ4v) is 1.64. The number of methoxy groups -OCH3 is 2. The summed E-state index contributed by atoms with van der Waals surface area (Å²) in [5, 5.41) is 0. The summed E-state index contributed by atoms with van der Waals surface area (Å²) in [6.45, 7) is 1.86. The Morgan fingerprint density at radius 1 is 1.05 bits per heavy atom. The molecular weight excluding hydrogens is 258 g/mol. The molecule has 1 aromatic heterocycles. The van der Waals surface area contributed by atoms with Gasteiger partial charge in [0.15, 0.2) is 0 Å². The van der Waals surface area contributed by atoms with E-state index in [2.05, 4.69) is 4.98 Å². The van der Waals surface area contributed by atoms with Crippen LogP contribution in [0, 0.1) is 6.92 Å². The number of nitrogens with zero attached hydrogens (tertiary/aromatic N) is 1. The monoisotopic (exact) mass is 273 g/mol. The molecule has 104 valence electrons. The van der Waals surface area contributed by atoms with Gasteiger partial charge in [0.2, 0.25) is 0 Å². The first-order chi connectivity index (χ1) is 9.63. The van der Waals surface area contributed by atoms with Crippen LogP contribution in [0.15, 0.2) is 36.5 Å². The van der Waals surface area contributed by atoms with Gasteiger partial charge in [-0.25, -0.2) is 4.79 Å². The van der Waals surface area contributed by atoms with E-state index in [1.165, 1.54) is 13.3 Å². The quantitative estimate of drug-likeness (QED) is 0.801. The van der Waals surface area contributed by atoms with Gasteiger partial charge >= 0.3 is 5.97 Å². The minimum atomic E-state index is -0.504. The third-order valence-electron chi connectivity index (χ3n) is 2.72. The van der Waals surface area contributed by atoms with Gasteiger partial charge in [-0.3, -0.25) is 4.98 Å². The zero-order chi connectivity index (χ0) is 14.5. The first-order valence-electron chi connectivity index (χ1n) is 6.01. The minimum Gasteiger partial charge on any atom is -0.497 e. The average Bonchev–Trinajstić information content (AvgIpc) is 2.48. The van der Waals surface area contributed by atoms with E-state index in [1.54, 1.807) is 37.4 Å². The standard InChI is InChI=1S/C15H15NO4/c1-10-4-5-12(9-16-10)20-15(17)13-7-6-11(18-2)8-14(13)19-3/h4-9H,1-3H3. The molecule has 0 bridgehead atoms. The van der Waals surface area contributed by atoms with Crippen LogP contribution in [0.4, 0.5) is 0 Å². The molecule has 1 heterocycles. The maximum absolute atomic E-state index is 12.1. The summed E-state index contributed by atoms with van der Waals surface area (Å²) in [7, 11) is 3.03. The van der Waals surface area contributed by atoms with Crippen LogP contribution >= 0.6 is 0 Å². The molecule has 20 heavy (non-hydrogen) atoms. The van der Waals surface area contributed by atoms with Crippen molar-refractivity contribution >= 4 is 5.97 Å². The molecule has 0 amide bonds. The molecule has 5 heteroatoms. The Hall–Kier alpha value is -2.56. The number of aryl methyl sites for hydroxylation is 1. The van der Waals surface area contributed by atoms with Crippen molar-refractivity contribution in [2.24, 2.45) is 0 Å². The first kappa shape index (κ1) is 13.9. The van der Waals surface area contributed by atoms with Crippen molar-refractivity contribution in [1.82, 2.24) is 4.98 Å². The lowest BCUT2D eigenvalue weighted by Gasteiger charge is -2.10. The molecule has 2 aromatic rings. The smallest absolute Gasteiger partial charge is 0.347 e. The third kappa shape index (κ3) is 3.06. The number of pyridine rings is 1. The average molecular weight is 273 g/mol. The second-order valence-corrected chi connectivity index (χ2v) is 4.09. The number of carbonyl (C=O) groups is 1. The number of hydrogen-bond donors (Lipinski definition) is 0. The Morgan fingerprint density at radius 3 is 2.40 bits per heavy atom. The Balaban J connectivity index is 2.22. The summed E-state index contributed by atoms with van der Waals surface area (Å²) in [5.74, 6) is 0.887. The number of aromatic nitrogens is 1. The summed E-state index contributed by atoms with van der Waals surface area (Å²) in [6, 6.07) is 8.36. The van der Waals surface area contributed by atoms with E-state index in [-0.39, 0.29) is 0 Å². The Kier molecular flexibility index (Phi) is 4.20. The fourth-order valence-electron chi connectivity index (χ4n) is 1.64. The predicted octanol–water partition coefficient (Wildman–Crippen LogP) is 2.63. The van der Waals surface area contributed by atoms with Crippen molar-refractivity contribution in [2.45, 2.75) is 6.92 Å². The highest BCUT2D eigenvalue weighted by molar-refractivity contribution is 5.94. The van der Waals surface area contributed by atoms with Crippen LogP contribution in [-0.2, 0) is 0 Å². The molecule has 0 N–H and O–H groups in total. The second kappa shape index (κ2) is 6.06. The molecule has 0 aliphatic carbocycles. The molecule has 0 aliphatic rings. The van der Waals surface area contributed by atoms with Gasteiger partial charge in [0.25, 0.3) is 0 Å². The van der Waals surface area contributed by atoms with Gasteiger partial charge in [0, 0.05) is 11.8 Å².